The van der Waals surface area contributed by atoms with Crippen molar-refractivity contribution >= 4 is 0 Å². The Kier molecular flexibility index (Phi) is 2.65. The summed E-state index contributed by atoms with van der Waals surface area (Å²) in [6.07, 6.45) is 7.65. The van der Waals surface area contributed by atoms with Crippen LogP contribution >= 0.6 is 0 Å². The molecule has 3 nitrogen and oxygen atoms in total. The van der Waals surface area contributed by atoms with Gasteiger partial charge in [0.05, 0.1) is 6.33 Å². The standard InChI is InChI=1S/C13H14FN3/c14-11-5-10(8-16-12-1-2-12)6-13(7-11)17-4-3-15-9-17/h3-7,9,12,16H,1-2,8H2. The Bertz CT molecular complexity index is 503. The van der Waals surface area contributed by atoms with Gasteiger partial charge in [0.2, 0.25) is 0 Å². The number of halogens is 1. The average molecular weight is 231 g/mol. The van der Waals surface area contributed by atoms with E-state index in [2.05, 4.69) is 10.3 Å². The number of rotatable bonds is 4. The van der Waals surface area contributed by atoms with Gasteiger partial charge in [-0.25, -0.2) is 9.37 Å². The molecule has 1 aliphatic carbocycles. The van der Waals surface area contributed by atoms with E-state index in [1.54, 1.807) is 18.6 Å². The second-order valence-electron chi connectivity index (χ2n) is 4.44. The van der Waals surface area contributed by atoms with Crippen LogP contribution in [0.3, 0.4) is 0 Å². The van der Waals surface area contributed by atoms with E-state index in [4.69, 9.17) is 0 Å². The Morgan fingerprint density at radius 2 is 2.24 bits per heavy atom. The maximum Gasteiger partial charge on any atom is 0.125 e. The van der Waals surface area contributed by atoms with Gasteiger partial charge >= 0.3 is 0 Å². The normalized spacial score (nSPS) is 15.1. The van der Waals surface area contributed by atoms with Crippen molar-refractivity contribution < 1.29 is 4.39 Å². The highest BCUT2D eigenvalue weighted by Crippen LogP contribution is 2.20. The SMILES string of the molecule is Fc1cc(CNC2CC2)cc(-n2ccnc2)c1. The van der Waals surface area contributed by atoms with E-state index in [0.29, 0.717) is 6.04 Å². The van der Waals surface area contributed by atoms with E-state index in [1.807, 2.05) is 16.8 Å². The van der Waals surface area contributed by atoms with E-state index in [-0.39, 0.29) is 5.82 Å². The molecule has 0 saturated heterocycles. The summed E-state index contributed by atoms with van der Waals surface area (Å²) in [6.45, 7) is 0.726. The van der Waals surface area contributed by atoms with Crippen LogP contribution in [0, 0.1) is 5.82 Å². The molecule has 3 rings (SSSR count). The van der Waals surface area contributed by atoms with E-state index in [1.165, 1.54) is 18.9 Å². The quantitative estimate of drug-likeness (QED) is 0.874. The zero-order chi connectivity index (χ0) is 11.7. The van der Waals surface area contributed by atoms with E-state index in [9.17, 15) is 4.39 Å². The number of nitrogens with one attached hydrogen (secondary N) is 1. The van der Waals surface area contributed by atoms with Crippen molar-refractivity contribution in [2.75, 3.05) is 0 Å². The van der Waals surface area contributed by atoms with Gasteiger partial charge in [0.1, 0.15) is 5.82 Å². The Morgan fingerprint density at radius 1 is 1.35 bits per heavy atom. The second kappa shape index (κ2) is 4.30. The number of imidazole rings is 1. The fourth-order valence-electron chi connectivity index (χ4n) is 1.85. The van der Waals surface area contributed by atoms with Crippen molar-refractivity contribution in [3.05, 3.63) is 48.3 Å². The second-order valence-corrected chi connectivity index (χ2v) is 4.44. The average Bonchev–Trinajstić information content (AvgIpc) is 2.98. The van der Waals surface area contributed by atoms with Gasteiger partial charge in [-0.05, 0) is 36.6 Å². The van der Waals surface area contributed by atoms with Crippen LogP contribution in [0.15, 0.2) is 36.9 Å². The number of aromatic nitrogens is 2. The molecule has 0 atom stereocenters. The summed E-state index contributed by atoms with van der Waals surface area (Å²) in [4.78, 5) is 3.97. The molecule has 0 unspecified atom stereocenters. The molecule has 0 spiro atoms. The number of nitrogens with zero attached hydrogens (tertiary/aromatic N) is 2. The van der Waals surface area contributed by atoms with Crippen LogP contribution in [-0.4, -0.2) is 15.6 Å². The maximum atomic E-state index is 13.5. The van der Waals surface area contributed by atoms with Gasteiger partial charge in [0, 0.05) is 30.7 Å². The summed E-state index contributed by atoms with van der Waals surface area (Å²) >= 11 is 0. The Labute approximate surface area is 99.3 Å². The first-order valence-corrected chi connectivity index (χ1v) is 5.82. The molecule has 88 valence electrons. The van der Waals surface area contributed by atoms with Crippen molar-refractivity contribution in [3.63, 3.8) is 0 Å². The van der Waals surface area contributed by atoms with Crippen molar-refractivity contribution in [3.8, 4) is 5.69 Å². The number of hydrogen-bond donors (Lipinski definition) is 1. The minimum absolute atomic E-state index is 0.205. The van der Waals surface area contributed by atoms with Crippen LogP contribution in [0.2, 0.25) is 0 Å². The molecule has 0 radical (unpaired) electrons. The van der Waals surface area contributed by atoms with Gasteiger partial charge in [-0.15, -0.1) is 0 Å². The van der Waals surface area contributed by atoms with Crippen LogP contribution < -0.4 is 5.32 Å². The molecule has 1 aliphatic rings. The zero-order valence-corrected chi connectivity index (χ0v) is 9.44. The van der Waals surface area contributed by atoms with Crippen LogP contribution in [0.1, 0.15) is 18.4 Å². The zero-order valence-electron chi connectivity index (χ0n) is 9.44. The Morgan fingerprint density at radius 3 is 2.94 bits per heavy atom. The van der Waals surface area contributed by atoms with Gasteiger partial charge < -0.3 is 9.88 Å². The number of hydrogen-bond acceptors (Lipinski definition) is 2. The highest BCUT2D eigenvalue weighted by molar-refractivity contribution is 5.36. The van der Waals surface area contributed by atoms with Crippen LogP contribution in [0.4, 0.5) is 4.39 Å². The predicted octanol–water partition coefficient (Wildman–Crippen LogP) is 2.26. The minimum Gasteiger partial charge on any atom is -0.310 e. The van der Waals surface area contributed by atoms with Gasteiger partial charge in [-0.2, -0.15) is 0 Å². The Hall–Kier alpha value is -1.68. The predicted molar refractivity (Wildman–Crippen MR) is 63.4 cm³/mol. The number of benzene rings is 1. The van der Waals surface area contributed by atoms with Crippen molar-refractivity contribution in [2.45, 2.75) is 25.4 Å². The minimum atomic E-state index is -0.205. The first-order valence-electron chi connectivity index (χ1n) is 5.82. The Balaban J connectivity index is 1.83. The van der Waals surface area contributed by atoms with Gasteiger partial charge in [-0.1, -0.05) is 0 Å². The third kappa shape index (κ3) is 2.53. The van der Waals surface area contributed by atoms with E-state index < -0.39 is 0 Å². The van der Waals surface area contributed by atoms with Crippen LogP contribution in [-0.2, 0) is 6.54 Å². The molecule has 1 saturated carbocycles. The van der Waals surface area contributed by atoms with Crippen molar-refractivity contribution in [2.24, 2.45) is 0 Å². The lowest BCUT2D eigenvalue weighted by Gasteiger charge is -2.07. The molecule has 1 aromatic heterocycles. The van der Waals surface area contributed by atoms with Crippen LogP contribution in [0.5, 0.6) is 0 Å². The lowest BCUT2D eigenvalue weighted by molar-refractivity contribution is 0.618. The summed E-state index contributed by atoms with van der Waals surface area (Å²) < 4.78 is 15.3. The summed E-state index contributed by atoms with van der Waals surface area (Å²) in [5, 5.41) is 3.38. The van der Waals surface area contributed by atoms with Crippen molar-refractivity contribution in [1.29, 1.82) is 0 Å². The molecular formula is C13H14FN3. The van der Waals surface area contributed by atoms with E-state index >= 15 is 0 Å². The van der Waals surface area contributed by atoms with Gasteiger partial charge in [0.25, 0.3) is 0 Å². The molecule has 4 heteroatoms. The third-order valence-electron chi connectivity index (χ3n) is 2.92. The molecule has 2 aromatic rings. The molecule has 0 amide bonds. The smallest absolute Gasteiger partial charge is 0.125 e. The van der Waals surface area contributed by atoms with Gasteiger partial charge in [0.15, 0.2) is 0 Å². The summed E-state index contributed by atoms with van der Waals surface area (Å²) in [7, 11) is 0. The molecular weight excluding hydrogens is 217 g/mol. The highest BCUT2D eigenvalue weighted by Gasteiger charge is 2.20. The monoisotopic (exact) mass is 231 g/mol. The summed E-state index contributed by atoms with van der Waals surface area (Å²) in [5.74, 6) is -0.205. The van der Waals surface area contributed by atoms with E-state index in [0.717, 1.165) is 17.8 Å². The topological polar surface area (TPSA) is 29.9 Å². The fraction of sp³-hybridized carbons (Fsp3) is 0.308. The largest absolute Gasteiger partial charge is 0.310 e. The lowest BCUT2D eigenvalue weighted by Crippen LogP contribution is -2.15. The van der Waals surface area contributed by atoms with Gasteiger partial charge in [-0.3, -0.25) is 0 Å². The first kappa shape index (κ1) is 10.5. The molecule has 0 aliphatic heterocycles. The lowest BCUT2D eigenvalue weighted by atomic mass is 10.2. The third-order valence-corrected chi connectivity index (χ3v) is 2.92. The first-order chi connectivity index (χ1) is 8.31. The molecule has 1 N–H and O–H groups in total. The highest BCUT2D eigenvalue weighted by atomic mass is 19.1. The maximum absolute atomic E-state index is 13.5. The molecule has 17 heavy (non-hydrogen) atoms. The molecule has 1 fully saturated rings. The molecule has 0 bridgehead atoms. The van der Waals surface area contributed by atoms with Crippen molar-refractivity contribution in [1.82, 2.24) is 14.9 Å². The molecule has 1 aromatic carbocycles. The molecule has 1 heterocycles. The fourth-order valence-corrected chi connectivity index (χ4v) is 1.85. The van der Waals surface area contributed by atoms with Crippen LogP contribution in [0.25, 0.3) is 5.69 Å². The summed E-state index contributed by atoms with van der Waals surface area (Å²) in [6, 6.07) is 5.72. The summed E-state index contributed by atoms with van der Waals surface area (Å²) in [5.41, 5.74) is 1.79.